The minimum atomic E-state index is -2.04. The molecule has 0 nitrogen and oxygen atoms in total. The highest BCUT2D eigenvalue weighted by Crippen LogP contribution is 2.21. The van der Waals surface area contributed by atoms with Crippen LogP contribution in [-0.4, -0.2) is 6.69 Å². The Morgan fingerprint density at radius 1 is 1.60 bits per heavy atom. The first-order valence-corrected chi connectivity index (χ1v) is 8.19. The smallest absolute Gasteiger partial charge is 0.151 e. The Balaban J connectivity index is 2.85. The van der Waals surface area contributed by atoms with Gasteiger partial charge in [0.05, 0.1) is 0 Å². The van der Waals surface area contributed by atoms with Gasteiger partial charge < -0.3 is 0 Å². The highest BCUT2D eigenvalue weighted by Gasteiger charge is 2.29. The summed E-state index contributed by atoms with van der Waals surface area (Å²) in [6.07, 6.45) is 0. The van der Waals surface area contributed by atoms with Gasteiger partial charge in [0.15, 0.2) is 0 Å². The second-order valence-electron chi connectivity index (χ2n) is 2.04. The van der Waals surface area contributed by atoms with E-state index in [1.54, 1.807) is 11.3 Å². The molecule has 4 heteroatoms. The molecule has 0 spiro atoms. The molecule has 1 rings (SSSR count). The molecule has 0 aliphatic rings. The third kappa shape index (κ3) is 1.75. The van der Waals surface area contributed by atoms with Crippen LogP contribution in [0.4, 0.5) is 0 Å². The summed E-state index contributed by atoms with van der Waals surface area (Å²) in [7, 11) is 0. The van der Waals surface area contributed by atoms with Gasteiger partial charge >= 0.3 is 0 Å². The van der Waals surface area contributed by atoms with E-state index < -0.39 is 6.69 Å². The van der Waals surface area contributed by atoms with Gasteiger partial charge in [-0.3, -0.25) is 0 Å². The van der Waals surface area contributed by atoms with E-state index in [9.17, 15) is 0 Å². The van der Waals surface area contributed by atoms with Gasteiger partial charge in [0.25, 0.3) is 6.69 Å². The van der Waals surface area contributed by atoms with Crippen molar-refractivity contribution in [2.24, 2.45) is 0 Å². The van der Waals surface area contributed by atoms with Gasteiger partial charge in [-0.25, -0.2) is 0 Å². The molecular formula is C6H8Cl2SSi. The minimum Gasteiger partial charge on any atom is -0.151 e. The minimum absolute atomic E-state index is 0.886. The maximum absolute atomic E-state index is 6.10. The molecule has 0 bridgehead atoms. The molecule has 0 saturated carbocycles. The molecule has 0 saturated heterocycles. The lowest BCUT2D eigenvalue weighted by atomic mass is 10.7. The summed E-state index contributed by atoms with van der Waals surface area (Å²) >= 11 is 13.9. The Bertz CT molecular complexity index is 196. The summed E-state index contributed by atoms with van der Waals surface area (Å²) < 4.78 is 1.17. The van der Waals surface area contributed by atoms with Crippen molar-refractivity contribution >= 4 is 44.7 Å². The first-order chi connectivity index (χ1) is 4.67. The SMILES string of the molecule is CC[Si](Cl)(Cl)c1cccs1. The number of hydrogen-bond acceptors (Lipinski definition) is 1. The van der Waals surface area contributed by atoms with E-state index in [4.69, 9.17) is 22.2 Å². The van der Waals surface area contributed by atoms with Gasteiger partial charge in [-0.05, 0) is 17.5 Å². The van der Waals surface area contributed by atoms with Gasteiger partial charge in [-0.2, -0.15) is 11.3 Å². The fourth-order valence-corrected chi connectivity index (χ4v) is 4.32. The second-order valence-corrected chi connectivity index (χ2v) is 10.5. The first-order valence-electron chi connectivity index (χ1n) is 3.08. The average Bonchev–Trinajstić information content (AvgIpc) is 2.38. The zero-order valence-electron chi connectivity index (χ0n) is 5.60. The van der Waals surface area contributed by atoms with Crippen LogP contribution >= 0.6 is 33.5 Å². The summed E-state index contributed by atoms with van der Waals surface area (Å²) in [5, 5.41) is 2.01. The molecule has 0 atom stereocenters. The van der Waals surface area contributed by atoms with Gasteiger partial charge in [-0.1, -0.05) is 13.0 Å². The zero-order chi connectivity index (χ0) is 7.61. The molecule has 0 N–H and O–H groups in total. The lowest BCUT2D eigenvalue weighted by Gasteiger charge is -2.10. The van der Waals surface area contributed by atoms with Crippen molar-refractivity contribution in [3.8, 4) is 0 Å². The van der Waals surface area contributed by atoms with Gasteiger partial charge in [0, 0.05) is 4.50 Å². The molecule has 0 amide bonds. The first kappa shape index (κ1) is 8.59. The van der Waals surface area contributed by atoms with Crippen LogP contribution < -0.4 is 4.50 Å². The maximum atomic E-state index is 6.10. The largest absolute Gasteiger partial charge is 0.290 e. The van der Waals surface area contributed by atoms with E-state index in [2.05, 4.69) is 0 Å². The zero-order valence-corrected chi connectivity index (χ0v) is 8.93. The Hall–Kier alpha value is 0.497. The van der Waals surface area contributed by atoms with Gasteiger partial charge in [0.2, 0.25) is 0 Å². The average molecular weight is 211 g/mol. The molecule has 0 unspecified atom stereocenters. The standard InChI is InChI=1S/C6H8Cl2SSi/c1-2-10(7,8)6-4-3-5-9-6/h3-5H,2H2,1H3. The van der Waals surface area contributed by atoms with E-state index in [0.717, 1.165) is 6.04 Å². The van der Waals surface area contributed by atoms with Crippen molar-refractivity contribution in [1.29, 1.82) is 0 Å². The van der Waals surface area contributed by atoms with E-state index >= 15 is 0 Å². The molecule has 1 aromatic rings. The van der Waals surface area contributed by atoms with E-state index in [1.807, 2.05) is 24.4 Å². The quantitative estimate of drug-likeness (QED) is 0.521. The summed E-state index contributed by atoms with van der Waals surface area (Å²) in [6.45, 7) is -0.00452. The van der Waals surface area contributed by atoms with Crippen LogP contribution in [0.2, 0.25) is 6.04 Å². The molecule has 1 aromatic heterocycles. The molecule has 1 heterocycles. The molecule has 0 radical (unpaired) electrons. The lowest BCUT2D eigenvalue weighted by molar-refractivity contribution is 1.45. The Kier molecular flexibility index (Phi) is 2.80. The van der Waals surface area contributed by atoms with Crippen molar-refractivity contribution in [1.82, 2.24) is 0 Å². The van der Waals surface area contributed by atoms with Gasteiger partial charge in [-0.15, -0.1) is 22.2 Å². The third-order valence-electron chi connectivity index (χ3n) is 1.33. The van der Waals surface area contributed by atoms with Crippen molar-refractivity contribution in [2.75, 3.05) is 0 Å². The highest BCUT2D eigenvalue weighted by molar-refractivity contribution is 7.56. The predicted octanol–water partition coefficient (Wildman–Crippen LogP) is 2.89. The fourth-order valence-electron chi connectivity index (χ4n) is 0.661. The summed E-state index contributed by atoms with van der Waals surface area (Å²) in [6, 6.07) is 4.89. The predicted molar refractivity (Wildman–Crippen MR) is 51.9 cm³/mol. The second kappa shape index (κ2) is 3.26. The molecule has 0 aliphatic heterocycles. The van der Waals surface area contributed by atoms with Gasteiger partial charge in [0.1, 0.15) is 0 Å². The number of thiophene rings is 1. The summed E-state index contributed by atoms with van der Waals surface area (Å²) in [5.74, 6) is 0. The van der Waals surface area contributed by atoms with Crippen LogP contribution in [0.3, 0.4) is 0 Å². The van der Waals surface area contributed by atoms with Crippen LogP contribution in [0, 0.1) is 0 Å². The van der Waals surface area contributed by atoms with E-state index in [1.165, 1.54) is 4.50 Å². The Morgan fingerprint density at radius 3 is 2.70 bits per heavy atom. The topological polar surface area (TPSA) is 0 Å². The summed E-state index contributed by atoms with van der Waals surface area (Å²) in [5.41, 5.74) is 0. The van der Waals surface area contributed by atoms with Crippen molar-refractivity contribution in [3.05, 3.63) is 17.5 Å². The lowest BCUT2D eigenvalue weighted by Crippen LogP contribution is -2.32. The van der Waals surface area contributed by atoms with Crippen molar-refractivity contribution < 1.29 is 0 Å². The van der Waals surface area contributed by atoms with E-state index in [0.29, 0.717) is 0 Å². The normalized spacial score (nSPS) is 11.9. The molecule has 0 aliphatic carbocycles. The Labute approximate surface area is 75.2 Å². The van der Waals surface area contributed by atoms with Crippen molar-refractivity contribution in [3.63, 3.8) is 0 Å². The molecule has 56 valence electrons. The monoisotopic (exact) mass is 210 g/mol. The van der Waals surface area contributed by atoms with Crippen LogP contribution in [0.15, 0.2) is 17.5 Å². The van der Waals surface area contributed by atoms with Crippen LogP contribution in [0.5, 0.6) is 0 Å². The molecule has 0 fully saturated rings. The Morgan fingerprint density at radius 2 is 2.30 bits per heavy atom. The molecule has 10 heavy (non-hydrogen) atoms. The highest BCUT2D eigenvalue weighted by atomic mass is 35.7. The maximum Gasteiger partial charge on any atom is 0.290 e. The van der Waals surface area contributed by atoms with Crippen LogP contribution in [0.1, 0.15) is 6.92 Å². The number of hydrogen-bond donors (Lipinski definition) is 0. The number of rotatable bonds is 2. The fraction of sp³-hybridized carbons (Fsp3) is 0.333. The summed E-state index contributed by atoms with van der Waals surface area (Å²) in [4.78, 5) is 0. The van der Waals surface area contributed by atoms with Crippen LogP contribution in [0.25, 0.3) is 0 Å². The van der Waals surface area contributed by atoms with Crippen LogP contribution in [-0.2, 0) is 0 Å². The number of halogens is 2. The van der Waals surface area contributed by atoms with E-state index in [-0.39, 0.29) is 0 Å². The van der Waals surface area contributed by atoms with Crippen molar-refractivity contribution in [2.45, 2.75) is 13.0 Å². The molecule has 0 aromatic carbocycles. The third-order valence-corrected chi connectivity index (χ3v) is 8.68. The molecular weight excluding hydrogens is 203 g/mol.